The Labute approximate surface area is 113 Å². The fourth-order valence-electron chi connectivity index (χ4n) is 1.84. The minimum absolute atomic E-state index is 0. The van der Waals surface area contributed by atoms with Crippen molar-refractivity contribution in [1.82, 2.24) is 4.90 Å². The number of nitrogens with zero attached hydrogens (tertiary/aromatic N) is 1. The summed E-state index contributed by atoms with van der Waals surface area (Å²) in [5, 5.41) is 0. The zero-order chi connectivity index (χ0) is 12.3. The SMILES string of the molecule is COc1cccc(C(=O)CN2C=C[NH+](C)C2)c1.[Cl-]. The number of rotatable bonds is 4. The maximum atomic E-state index is 12.0. The van der Waals surface area contributed by atoms with Crippen LogP contribution in [-0.4, -0.2) is 38.1 Å². The van der Waals surface area contributed by atoms with Gasteiger partial charge in [-0.05, 0) is 12.1 Å². The molecule has 0 bridgehead atoms. The van der Waals surface area contributed by atoms with Crippen molar-refractivity contribution >= 4 is 5.78 Å². The second-order valence-electron chi connectivity index (χ2n) is 4.22. The molecule has 0 spiro atoms. The lowest BCUT2D eigenvalue weighted by Gasteiger charge is -2.13. The van der Waals surface area contributed by atoms with Crippen molar-refractivity contribution in [3.05, 3.63) is 42.2 Å². The van der Waals surface area contributed by atoms with E-state index in [1.807, 2.05) is 35.5 Å². The number of ether oxygens (including phenoxy) is 1. The van der Waals surface area contributed by atoms with Crippen LogP contribution in [0.5, 0.6) is 5.75 Å². The van der Waals surface area contributed by atoms with Crippen molar-refractivity contribution in [1.29, 1.82) is 0 Å². The molecule has 0 aromatic heterocycles. The second kappa shape index (κ2) is 6.42. The maximum Gasteiger partial charge on any atom is 0.182 e. The molecule has 0 radical (unpaired) electrons. The van der Waals surface area contributed by atoms with Gasteiger partial charge in [0.1, 0.15) is 11.9 Å². The van der Waals surface area contributed by atoms with Crippen molar-refractivity contribution in [2.75, 3.05) is 27.4 Å². The first kappa shape index (κ1) is 14.5. The van der Waals surface area contributed by atoms with Gasteiger partial charge < -0.3 is 22.0 Å². The van der Waals surface area contributed by atoms with Crippen LogP contribution >= 0.6 is 0 Å². The second-order valence-corrected chi connectivity index (χ2v) is 4.22. The molecule has 1 aliphatic heterocycles. The zero-order valence-electron chi connectivity index (χ0n) is 10.5. The molecule has 5 heteroatoms. The number of quaternary nitrogens is 1. The van der Waals surface area contributed by atoms with Gasteiger partial charge in [0.15, 0.2) is 12.5 Å². The lowest BCUT2D eigenvalue weighted by molar-refractivity contribution is -0.826. The summed E-state index contributed by atoms with van der Waals surface area (Å²) in [4.78, 5) is 15.3. The number of benzene rings is 1. The van der Waals surface area contributed by atoms with Crippen molar-refractivity contribution in [2.24, 2.45) is 0 Å². The third-order valence-electron chi connectivity index (χ3n) is 2.76. The van der Waals surface area contributed by atoms with Crippen LogP contribution in [0.25, 0.3) is 0 Å². The molecule has 0 aliphatic carbocycles. The summed E-state index contributed by atoms with van der Waals surface area (Å²) in [5.74, 6) is 0.832. The van der Waals surface area contributed by atoms with Gasteiger partial charge in [0, 0.05) is 5.56 Å². The van der Waals surface area contributed by atoms with Crippen LogP contribution in [-0.2, 0) is 0 Å². The summed E-state index contributed by atoms with van der Waals surface area (Å²) in [5.41, 5.74) is 0.697. The molecule has 0 saturated carbocycles. The summed E-state index contributed by atoms with van der Waals surface area (Å²) < 4.78 is 5.11. The first-order chi connectivity index (χ1) is 8.19. The van der Waals surface area contributed by atoms with Crippen LogP contribution in [0.4, 0.5) is 0 Å². The van der Waals surface area contributed by atoms with Crippen LogP contribution in [0, 0.1) is 0 Å². The summed E-state index contributed by atoms with van der Waals surface area (Å²) >= 11 is 0. The number of carbonyl (C=O) groups is 1. The number of ketones is 1. The highest BCUT2D eigenvalue weighted by atomic mass is 35.5. The van der Waals surface area contributed by atoms with Crippen LogP contribution < -0.4 is 22.0 Å². The number of hydrogen-bond acceptors (Lipinski definition) is 3. The standard InChI is InChI=1S/C13H16N2O2.ClH/c1-14-6-7-15(10-14)9-13(16)11-4-3-5-12(8-11)17-2;/h3-8H,9-10H2,1-2H3;1H. The van der Waals surface area contributed by atoms with Gasteiger partial charge in [0.05, 0.1) is 26.9 Å². The highest BCUT2D eigenvalue weighted by Gasteiger charge is 2.17. The van der Waals surface area contributed by atoms with E-state index in [0.717, 1.165) is 12.4 Å². The Morgan fingerprint density at radius 1 is 1.50 bits per heavy atom. The Balaban J connectivity index is 0.00000162. The molecular weight excluding hydrogens is 252 g/mol. The molecule has 18 heavy (non-hydrogen) atoms. The number of hydrogen-bond donors (Lipinski definition) is 1. The van der Waals surface area contributed by atoms with E-state index in [9.17, 15) is 4.79 Å². The minimum atomic E-state index is 0. The number of methoxy groups -OCH3 is 1. The molecule has 4 nitrogen and oxygen atoms in total. The Kier molecular flexibility index (Phi) is 5.19. The van der Waals surface area contributed by atoms with E-state index in [4.69, 9.17) is 4.74 Å². The lowest BCUT2D eigenvalue weighted by atomic mass is 10.1. The van der Waals surface area contributed by atoms with Crippen LogP contribution in [0.3, 0.4) is 0 Å². The number of nitrogens with one attached hydrogen (secondary N) is 1. The third kappa shape index (κ3) is 3.48. The van der Waals surface area contributed by atoms with Gasteiger partial charge in [-0.3, -0.25) is 9.69 Å². The maximum absolute atomic E-state index is 12.0. The third-order valence-corrected chi connectivity index (χ3v) is 2.76. The van der Waals surface area contributed by atoms with E-state index >= 15 is 0 Å². The van der Waals surface area contributed by atoms with E-state index in [1.165, 1.54) is 4.90 Å². The largest absolute Gasteiger partial charge is 1.00 e. The number of Topliss-reactive ketones (excluding diaryl/α,β-unsaturated/α-hetero) is 1. The predicted octanol–water partition coefficient (Wildman–Crippen LogP) is -2.86. The highest BCUT2D eigenvalue weighted by Crippen LogP contribution is 2.13. The van der Waals surface area contributed by atoms with Gasteiger partial charge in [-0.15, -0.1) is 0 Å². The molecule has 0 amide bonds. The fourth-order valence-corrected chi connectivity index (χ4v) is 1.84. The molecule has 0 fully saturated rings. The van der Waals surface area contributed by atoms with Gasteiger partial charge in [0.25, 0.3) is 0 Å². The zero-order valence-corrected chi connectivity index (χ0v) is 11.3. The average molecular weight is 269 g/mol. The molecule has 1 unspecified atom stereocenters. The Morgan fingerprint density at radius 2 is 2.28 bits per heavy atom. The normalized spacial score (nSPS) is 17.4. The highest BCUT2D eigenvalue weighted by molar-refractivity contribution is 5.98. The quantitative estimate of drug-likeness (QED) is 0.597. The van der Waals surface area contributed by atoms with E-state index in [-0.39, 0.29) is 18.2 Å². The molecule has 0 saturated heterocycles. The molecule has 2 rings (SSSR count). The van der Waals surface area contributed by atoms with E-state index in [0.29, 0.717) is 12.1 Å². The van der Waals surface area contributed by atoms with Crippen LogP contribution in [0.2, 0.25) is 0 Å². The Bertz CT molecular complexity index is 448. The number of carbonyl (C=O) groups excluding carboxylic acids is 1. The van der Waals surface area contributed by atoms with Crippen molar-refractivity contribution in [3.8, 4) is 5.75 Å². The molecule has 1 heterocycles. The van der Waals surface area contributed by atoms with Crippen molar-refractivity contribution in [3.63, 3.8) is 0 Å². The summed E-state index contributed by atoms with van der Waals surface area (Å²) in [6.07, 6.45) is 4.01. The Hall–Kier alpha value is -1.52. The number of halogens is 1. The summed E-state index contributed by atoms with van der Waals surface area (Å²) in [6, 6.07) is 7.27. The molecule has 1 atom stereocenters. The van der Waals surface area contributed by atoms with Crippen molar-refractivity contribution < 1.29 is 26.8 Å². The fraction of sp³-hybridized carbons (Fsp3) is 0.308. The first-order valence-corrected chi connectivity index (χ1v) is 5.61. The van der Waals surface area contributed by atoms with Gasteiger partial charge in [-0.1, -0.05) is 12.1 Å². The topological polar surface area (TPSA) is 34.0 Å². The van der Waals surface area contributed by atoms with Gasteiger partial charge >= 0.3 is 0 Å². The molecule has 1 aromatic carbocycles. The summed E-state index contributed by atoms with van der Waals surface area (Å²) in [6.45, 7) is 1.26. The van der Waals surface area contributed by atoms with Crippen LogP contribution in [0.1, 0.15) is 10.4 Å². The lowest BCUT2D eigenvalue weighted by Crippen LogP contribution is -3.03. The van der Waals surface area contributed by atoms with Crippen molar-refractivity contribution in [2.45, 2.75) is 0 Å². The molecule has 1 aliphatic rings. The predicted molar refractivity (Wildman–Crippen MR) is 64.9 cm³/mol. The smallest absolute Gasteiger partial charge is 0.182 e. The van der Waals surface area contributed by atoms with Gasteiger partial charge in [0.2, 0.25) is 0 Å². The summed E-state index contributed by atoms with van der Waals surface area (Å²) in [7, 11) is 3.66. The Morgan fingerprint density at radius 3 is 2.89 bits per heavy atom. The monoisotopic (exact) mass is 268 g/mol. The van der Waals surface area contributed by atoms with Gasteiger partial charge in [-0.2, -0.15) is 0 Å². The molecule has 98 valence electrons. The minimum Gasteiger partial charge on any atom is -1.00 e. The molecular formula is C13H17ClN2O2. The van der Waals surface area contributed by atoms with E-state index < -0.39 is 0 Å². The van der Waals surface area contributed by atoms with Gasteiger partial charge in [-0.25, -0.2) is 0 Å². The van der Waals surface area contributed by atoms with E-state index in [1.54, 1.807) is 13.2 Å². The molecule has 1 N–H and O–H groups in total. The van der Waals surface area contributed by atoms with Crippen LogP contribution in [0.15, 0.2) is 36.7 Å². The average Bonchev–Trinajstić information content (AvgIpc) is 2.75. The van der Waals surface area contributed by atoms with E-state index in [2.05, 4.69) is 7.05 Å². The molecule has 1 aromatic rings. The first-order valence-electron chi connectivity index (χ1n) is 5.61.